The van der Waals surface area contributed by atoms with Gasteiger partial charge in [0.1, 0.15) is 29.1 Å². The molecule has 1 aromatic heterocycles. The predicted octanol–water partition coefficient (Wildman–Crippen LogP) is 2.68. The molecule has 15 nitrogen and oxygen atoms in total. The Morgan fingerprint density at radius 2 is 1.73 bits per heavy atom. The first-order valence-electron chi connectivity index (χ1n) is 19.4. The summed E-state index contributed by atoms with van der Waals surface area (Å²) in [6.07, 6.45) is 10.4. The van der Waals surface area contributed by atoms with Gasteiger partial charge in [0.2, 0.25) is 21.8 Å². The zero-order valence-electron chi connectivity index (χ0n) is 30.8. The number of allylic oxidation sites excluding steroid dienone is 1. The van der Waals surface area contributed by atoms with Crippen LogP contribution in [0.15, 0.2) is 54.6 Å². The highest BCUT2D eigenvalue weighted by molar-refractivity contribution is 7.91. The largest absolute Gasteiger partial charge is 0.494 e. The Labute approximate surface area is 320 Å². The maximum Gasteiger partial charge on any atom is 0.315 e. The van der Waals surface area contributed by atoms with Crippen LogP contribution in [0.2, 0.25) is 0 Å². The van der Waals surface area contributed by atoms with E-state index in [2.05, 4.69) is 31.0 Å². The van der Waals surface area contributed by atoms with Crippen molar-refractivity contribution >= 4 is 39.7 Å². The van der Waals surface area contributed by atoms with E-state index < -0.39 is 74.5 Å². The van der Waals surface area contributed by atoms with Gasteiger partial charge in [0.05, 0.1) is 17.6 Å². The van der Waals surface area contributed by atoms with Crippen LogP contribution in [0.5, 0.6) is 5.75 Å². The van der Waals surface area contributed by atoms with Gasteiger partial charge >= 0.3 is 6.03 Å². The minimum Gasteiger partial charge on any atom is -0.494 e. The summed E-state index contributed by atoms with van der Waals surface area (Å²) in [5.41, 5.74) is -0.0423. The minimum atomic E-state index is -3.90. The SMILES string of the molecule is O=C1NCCCCCOc2cccc(c2)-c2cccc(n2)C(=O)N[C@@H]2C[C@H]3C(=O)N[C@]4(C(=O)NS(=O)(=O)C5CC5)C[C@H]4C=CCCCCC[C@H](N1)C(=O)N3C2. The lowest BCUT2D eigenvalue weighted by Gasteiger charge is -2.30. The molecule has 0 spiro atoms. The van der Waals surface area contributed by atoms with E-state index in [1.54, 1.807) is 18.2 Å². The highest BCUT2D eigenvalue weighted by Crippen LogP contribution is 2.46. The Kier molecular flexibility index (Phi) is 11.4. The van der Waals surface area contributed by atoms with Gasteiger partial charge < -0.3 is 30.9 Å². The third-order valence-electron chi connectivity index (χ3n) is 11.0. The van der Waals surface area contributed by atoms with Gasteiger partial charge in [-0.3, -0.25) is 23.9 Å². The second-order valence-corrected chi connectivity index (χ2v) is 17.2. The Bertz CT molecular complexity index is 1950. The second kappa shape index (κ2) is 16.4. The maximum atomic E-state index is 14.4. The average Bonchev–Trinajstić information content (AvgIpc) is 4.10. The lowest BCUT2D eigenvalue weighted by molar-refractivity contribution is -0.141. The number of nitrogens with zero attached hydrogens (tertiary/aromatic N) is 2. The summed E-state index contributed by atoms with van der Waals surface area (Å²) in [7, 11) is -3.90. The van der Waals surface area contributed by atoms with E-state index in [0.29, 0.717) is 63.1 Å². The molecule has 2 aliphatic carbocycles. The van der Waals surface area contributed by atoms with E-state index in [9.17, 15) is 32.4 Å². The average molecular weight is 776 g/mol. The Balaban J connectivity index is 1.18. The van der Waals surface area contributed by atoms with Gasteiger partial charge in [0.25, 0.3) is 11.8 Å². The molecule has 7 bridgehead atoms. The summed E-state index contributed by atoms with van der Waals surface area (Å²) in [5, 5.41) is 10.9. The smallest absolute Gasteiger partial charge is 0.315 e. The topological polar surface area (TPSA) is 205 Å². The van der Waals surface area contributed by atoms with Gasteiger partial charge in [0, 0.05) is 30.6 Å². The van der Waals surface area contributed by atoms with Crippen LogP contribution >= 0.6 is 0 Å². The fraction of sp³-hybridized carbons (Fsp3) is 0.538. The summed E-state index contributed by atoms with van der Waals surface area (Å²) >= 11 is 0. The molecule has 6 amide bonds. The normalized spacial score (nSPS) is 28.3. The molecule has 16 heteroatoms. The molecule has 1 aromatic carbocycles. The first-order chi connectivity index (χ1) is 26.5. The maximum absolute atomic E-state index is 14.4. The van der Waals surface area contributed by atoms with Crippen molar-refractivity contribution in [1.82, 2.24) is 35.9 Å². The fourth-order valence-corrected chi connectivity index (χ4v) is 9.00. The number of carbonyl (C=O) groups excluding carboxylic acids is 5. The molecule has 5 N–H and O–H groups in total. The number of hydrogen-bond acceptors (Lipinski definition) is 9. The second-order valence-electron chi connectivity index (χ2n) is 15.2. The molecule has 1 saturated heterocycles. The third-order valence-corrected chi connectivity index (χ3v) is 12.8. The lowest BCUT2D eigenvalue weighted by Crippen LogP contribution is -2.58. The van der Waals surface area contributed by atoms with E-state index in [1.165, 1.54) is 4.90 Å². The number of benzene rings is 1. The van der Waals surface area contributed by atoms with Crippen molar-refractivity contribution in [2.45, 2.75) is 106 Å². The van der Waals surface area contributed by atoms with Crippen molar-refractivity contribution in [2.75, 3.05) is 19.7 Å². The summed E-state index contributed by atoms with van der Waals surface area (Å²) in [4.78, 5) is 75.3. The highest BCUT2D eigenvalue weighted by Gasteiger charge is 2.62. The van der Waals surface area contributed by atoms with Gasteiger partial charge in [-0.1, -0.05) is 43.2 Å². The van der Waals surface area contributed by atoms with Crippen LogP contribution in [-0.2, 0) is 24.4 Å². The Morgan fingerprint density at radius 3 is 2.56 bits per heavy atom. The molecule has 4 heterocycles. The van der Waals surface area contributed by atoms with E-state index in [1.807, 2.05) is 36.4 Å². The van der Waals surface area contributed by atoms with Crippen molar-refractivity contribution in [2.24, 2.45) is 5.92 Å². The number of hydrogen-bond donors (Lipinski definition) is 5. The van der Waals surface area contributed by atoms with Crippen molar-refractivity contribution in [3.05, 3.63) is 60.3 Å². The van der Waals surface area contributed by atoms with Crippen LogP contribution < -0.4 is 30.7 Å². The van der Waals surface area contributed by atoms with Gasteiger partial charge in [-0.25, -0.2) is 18.2 Å². The molecule has 3 aliphatic heterocycles. The summed E-state index contributed by atoms with van der Waals surface area (Å²) < 4.78 is 33.8. The zero-order valence-corrected chi connectivity index (χ0v) is 31.6. The number of sulfonamides is 1. The van der Waals surface area contributed by atoms with Crippen molar-refractivity contribution in [3.8, 4) is 17.0 Å². The van der Waals surface area contributed by atoms with Crippen LogP contribution in [0, 0.1) is 5.92 Å². The number of fused-ring (bicyclic) bond motifs is 8. The number of nitrogens with one attached hydrogen (secondary N) is 5. The first-order valence-corrected chi connectivity index (χ1v) is 21.0. The lowest BCUT2D eigenvalue weighted by atomic mass is 10.0. The number of aromatic nitrogens is 1. The van der Waals surface area contributed by atoms with Crippen molar-refractivity contribution in [1.29, 1.82) is 0 Å². The third kappa shape index (κ3) is 9.11. The standard InChI is InChI=1S/C39H49N7O8S/c47-34-31-16-10-15-30(42-31)25-11-9-13-28(21-25)54-20-8-4-7-19-40-38(51)43-32-14-6-3-1-2-5-12-26-23-39(26,37(50)45-55(52,53)29-17-18-29)44-35(48)33-22-27(41-34)24-46(33)36(32)49/h5,9-13,15-16,21,26-27,29,32-33H,1-4,6-8,14,17-20,22-24H2,(H,41,47)(H,44,48)(H,45,50)(H2,40,43,51)/t26-,27-,32+,33+,39-/m1/s1. The number of ether oxygens (including phenoxy) is 1. The fourth-order valence-electron chi connectivity index (χ4n) is 7.64. The zero-order chi connectivity index (χ0) is 38.6. The van der Waals surface area contributed by atoms with E-state index >= 15 is 0 Å². The molecule has 3 fully saturated rings. The highest BCUT2D eigenvalue weighted by atomic mass is 32.2. The van der Waals surface area contributed by atoms with Gasteiger partial charge in [-0.2, -0.15) is 0 Å². The number of rotatable bonds is 3. The molecule has 0 unspecified atom stereocenters. The minimum absolute atomic E-state index is 0.0138. The molecule has 5 atom stereocenters. The number of pyridine rings is 1. The molecular weight excluding hydrogens is 727 g/mol. The molecule has 7 rings (SSSR count). The number of urea groups is 1. The monoisotopic (exact) mass is 775 g/mol. The van der Waals surface area contributed by atoms with Crippen LogP contribution in [0.4, 0.5) is 4.79 Å². The molecule has 2 saturated carbocycles. The quantitative estimate of drug-likeness (QED) is 0.291. The van der Waals surface area contributed by atoms with Gasteiger partial charge in [0.15, 0.2) is 0 Å². The molecule has 55 heavy (non-hydrogen) atoms. The van der Waals surface area contributed by atoms with Crippen LogP contribution in [0.3, 0.4) is 0 Å². The van der Waals surface area contributed by atoms with Crippen LogP contribution in [0.1, 0.15) is 87.5 Å². The van der Waals surface area contributed by atoms with E-state index in [0.717, 1.165) is 31.2 Å². The van der Waals surface area contributed by atoms with Crippen LogP contribution in [-0.4, -0.2) is 96.6 Å². The molecular formula is C39H49N7O8S. The van der Waals surface area contributed by atoms with Gasteiger partial charge in [-0.15, -0.1) is 0 Å². The number of amides is 6. The number of carbonyl (C=O) groups is 5. The summed E-state index contributed by atoms with van der Waals surface area (Å²) in [6.45, 7) is 0.831. The predicted molar refractivity (Wildman–Crippen MR) is 202 cm³/mol. The Morgan fingerprint density at radius 1 is 0.927 bits per heavy atom. The van der Waals surface area contributed by atoms with E-state index in [-0.39, 0.29) is 25.1 Å². The Hall–Kier alpha value is -4.99. The van der Waals surface area contributed by atoms with E-state index in [4.69, 9.17) is 4.74 Å². The molecule has 294 valence electrons. The summed E-state index contributed by atoms with van der Waals surface area (Å²) in [5.74, 6) is -2.21. The summed E-state index contributed by atoms with van der Waals surface area (Å²) in [6, 6.07) is 9.29. The molecule has 0 radical (unpaired) electrons. The van der Waals surface area contributed by atoms with Crippen LogP contribution in [0.25, 0.3) is 11.3 Å². The van der Waals surface area contributed by atoms with Crippen molar-refractivity contribution in [3.63, 3.8) is 0 Å². The molecule has 5 aliphatic rings. The van der Waals surface area contributed by atoms with Crippen molar-refractivity contribution < 1.29 is 37.1 Å². The van der Waals surface area contributed by atoms with Gasteiger partial charge in [-0.05, 0) is 88.5 Å². The molecule has 2 aromatic rings. The first kappa shape index (κ1) is 38.3.